The molecule has 6 heteroatoms. The van der Waals surface area contributed by atoms with Gasteiger partial charge in [0.05, 0.1) is 12.2 Å². The van der Waals surface area contributed by atoms with Crippen LogP contribution in [0, 0.1) is 11.3 Å². The number of amides is 1. The van der Waals surface area contributed by atoms with Gasteiger partial charge in [-0.3, -0.25) is 4.79 Å². The van der Waals surface area contributed by atoms with Crippen LogP contribution >= 0.6 is 0 Å². The maximum Gasteiger partial charge on any atom is 0.241 e. The molecule has 1 aliphatic rings. The third kappa shape index (κ3) is 2.96. The summed E-state index contributed by atoms with van der Waals surface area (Å²) in [5, 5.41) is 15.0. The second-order valence-electron chi connectivity index (χ2n) is 4.00. The predicted molar refractivity (Wildman–Crippen MR) is 66.9 cm³/mol. The molecule has 1 aromatic heterocycles. The number of nitrogens with one attached hydrogen (secondary N) is 2. The monoisotopic (exact) mass is 245 g/mol. The van der Waals surface area contributed by atoms with E-state index in [1.165, 1.54) is 0 Å². The fourth-order valence-electron chi connectivity index (χ4n) is 1.83. The lowest BCUT2D eigenvalue weighted by molar-refractivity contribution is -0.129. The number of piperazine rings is 1. The van der Waals surface area contributed by atoms with Crippen molar-refractivity contribution in [2.45, 2.75) is 0 Å². The SMILES string of the molecule is N#Cc1ncccc1NCC(=O)N1CCNCC1. The summed E-state index contributed by atoms with van der Waals surface area (Å²) >= 11 is 0. The molecule has 94 valence electrons. The fraction of sp³-hybridized carbons (Fsp3) is 0.417. The van der Waals surface area contributed by atoms with Crippen LogP contribution < -0.4 is 10.6 Å². The van der Waals surface area contributed by atoms with Gasteiger partial charge < -0.3 is 15.5 Å². The van der Waals surface area contributed by atoms with Gasteiger partial charge in [0.1, 0.15) is 6.07 Å². The van der Waals surface area contributed by atoms with Gasteiger partial charge in [-0.25, -0.2) is 4.98 Å². The largest absolute Gasteiger partial charge is 0.374 e. The van der Waals surface area contributed by atoms with Crippen molar-refractivity contribution < 1.29 is 4.79 Å². The Morgan fingerprint density at radius 1 is 1.56 bits per heavy atom. The molecule has 0 bridgehead atoms. The lowest BCUT2D eigenvalue weighted by Crippen LogP contribution is -2.48. The van der Waals surface area contributed by atoms with Gasteiger partial charge in [-0.1, -0.05) is 0 Å². The van der Waals surface area contributed by atoms with Crippen molar-refractivity contribution in [3.63, 3.8) is 0 Å². The number of carbonyl (C=O) groups excluding carboxylic acids is 1. The molecule has 0 saturated carbocycles. The van der Waals surface area contributed by atoms with E-state index >= 15 is 0 Å². The molecule has 0 atom stereocenters. The van der Waals surface area contributed by atoms with Crippen LogP contribution in [0.2, 0.25) is 0 Å². The van der Waals surface area contributed by atoms with Crippen LogP contribution in [0.4, 0.5) is 5.69 Å². The van der Waals surface area contributed by atoms with Crippen molar-refractivity contribution in [3.8, 4) is 6.07 Å². The van der Waals surface area contributed by atoms with Crippen molar-refractivity contribution >= 4 is 11.6 Å². The molecule has 1 saturated heterocycles. The van der Waals surface area contributed by atoms with Gasteiger partial charge in [-0.2, -0.15) is 5.26 Å². The Hall–Kier alpha value is -2.13. The zero-order valence-corrected chi connectivity index (χ0v) is 10.0. The molecule has 1 aromatic rings. The highest BCUT2D eigenvalue weighted by Crippen LogP contribution is 2.10. The average Bonchev–Trinajstić information content (AvgIpc) is 2.46. The Morgan fingerprint density at radius 3 is 3.06 bits per heavy atom. The summed E-state index contributed by atoms with van der Waals surface area (Å²) < 4.78 is 0. The van der Waals surface area contributed by atoms with E-state index in [0.29, 0.717) is 11.4 Å². The summed E-state index contributed by atoms with van der Waals surface area (Å²) in [5.41, 5.74) is 0.911. The molecule has 0 aromatic carbocycles. The highest BCUT2D eigenvalue weighted by Gasteiger charge is 2.15. The van der Waals surface area contributed by atoms with Crippen molar-refractivity contribution in [1.29, 1.82) is 5.26 Å². The zero-order chi connectivity index (χ0) is 12.8. The lowest BCUT2D eigenvalue weighted by Gasteiger charge is -2.27. The molecule has 18 heavy (non-hydrogen) atoms. The van der Waals surface area contributed by atoms with Crippen LogP contribution in [0.3, 0.4) is 0 Å². The molecule has 1 aliphatic heterocycles. The number of aromatic nitrogens is 1. The summed E-state index contributed by atoms with van der Waals surface area (Å²) in [4.78, 5) is 17.6. The molecule has 0 radical (unpaired) electrons. The molecule has 0 aliphatic carbocycles. The molecule has 2 heterocycles. The van der Waals surface area contributed by atoms with Crippen LogP contribution in [0.5, 0.6) is 0 Å². The van der Waals surface area contributed by atoms with Gasteiger partial charge in [-0.15, -0.1) is 0 Å². The topological polar surface area (TPSA) is 81.0 Å². The Labute approximate surface area is 106 Å². The number of carbonyl (C=O) groups is 1. The van der Waals surface area contributed by atoms with Crippen LogP contribution in [-0.2, 0) is 4.79 Å². The van der Waals surface area contributed by atoms with E-state index in [4.69, 9.17) is 5.26 Å². The summed E-state index contributed by atoms with van der Waals surface area (Å²) in [6.45, 7) is 3.34. The Morgan fingerprint density at radius 2 is 2.33 bits per heavy atom. The predicted octanol–water partition coefficient (Wildman–Crippen LogP) is -0.203. The van der Waals surface area contributed by atoms with Crippen molar-refractivity contribution in [2.75, 3.05) is 38.0 Å². The van der Waals surface area contributed by atoms with Gasteiger partial charge in [0.2, 0.25) is 5.91 Å². The first kappa shape index (κ1) is 12.3. The number of pyridine rings is 1. The number of hydrogen-bond acceptors (Lipinski definition) is 5. The molecule has 6 nitrogen and oxygen atoms in total. The quantitative estimate of drug-likeness (QED) is 0.770. The zero-order valence-electron chi connectivity index (χ0n) is 10.0. The number of hydrogen-bond donors (Lipinski definition) is 2. The molecule has 0 unspecified atom stereocenters. The third-order valence-corrected chi connectivity index (χ3v) is 2.81. The number of nitriles is 1. The standard InChI is InChI=1S/C12H15N5O/c13-8-11-10(2-1-3-15-11)16-9-12(18)17-6-4-14-5-7-17/h1-3,14,16H,4-7,9H2. The maximum atomic E-state index is 11.9. The minimum absolute atomic E-state index is 0.0456. The van der Waals surface area contributed by atoms with E-state index in [1.807, 2.05) is 11.0 Å². The molecule has 2 N–H and O–H groups in total. The second kappa shape index (κ2) is 5.98. The summed E-state index contributed by atoms with van der Waals surface area (Å²) in [6, 6.07) is 5.47. The normalized spacial score (nSPS) is 14.9. The first-order valence-corrected chi connectivity index (χ1v) is 5.89. The van der Waals surface area contributed by atoms with Crippen LogP contribution in [-0.4, -0.2) is 48.5 Å². The number of nitrogens with zero attached hydrogens (tertiary/aromatic N) is 3. The molecular formula is C12H15N5O. The number of rotatable bonds is 3. The van der Waals surface area contributed by atoms with E-state index in [0.717, 1.165) is 26.2 Å². The van der Waals surface area contributed by atoms with Crippen LogP contribution in [0.1, 0.15) is 5.69 Å². The first-order valence-electron chi connectivity index (χ1n) is 5.89. The lowest BCUT2D eigenvalue weighted by atomic mass is 10.3. The highest BCUT2D eigenvalue weighted by atomic mass is 16.2. The summed E-state index contributed by atoms with van der Waals surface area (Å²) in [7, 11) is 0. The molecular weight excluding hydrogens is 230 g/mol. The smallest absolute Gasteiger partial charge is 0.241 e. The van der Waals surface area contributed by atoms with E-state index in [1.54, 1.807) is 18.3 Å². The van der Waals surface area contributed by atoms with Crippen molar-refractivity contribution in [2.24, 2.45) is 0 Å². The fourth-order valence-corrected chi connectivity index (χ4v) is 1.83. The molecule has 2 rings (SSSR count). The van der Waals surface area contributed by atoms with Gasteiger partial charge >= 0.3 is 0 Å². The van der Waals surface area contributed by atoms with Crippen LogP contribution in [0.25, 0.3) is 0 Å². The van der Waals surface area contributed by atoms with Gasteiger partial charge in [0.15, 0.2) is 5.69 Å². The second-order valence-corrected chi connectivity index (χ2v) is 4.00. The Bertz CT molecular complexity index is 462. The van der Waals surface area contributed by atoms with E-state index in [-0.39, 0.29) is 12.5 Å². The number of anilines is 1. The Balaban J connectivity index is 1.91. The van der Waals surface area contributed by atoms with Crippen molar-refractivity contribution in [1.82, 2.24) is 15.2 Å². The minimum Gasteiger partial charge on any atom is -0.374 e. The molecule has 1 amide bonds. The van der Waals surface area contributed by atoms with Gasteiger partial charge in [0, 0.05) is 32.4 Å². The van der Waals surface area contributed by atoms with E-state index < -0.39 is 0 Å². The average molecular weight is 245 g/mol. The van der Waals surface area contributed by atoms with E-state index in [2.05, 4.69) is 15.6 Å². The maximum absolute atomic E-state index is 11.9. The first-order chi connectivity index (χ1) is 8.81. The van der Waals surface area contributed by atoms with Gasteiger partial charge in [-0.05, 0) is 12.1 Å². The molecule has 0 spiro atoms. The van der Waals surface area contributed by atoms with Gasteiger partial charge in [0.25, 0.3) is 0 Å². The highest BCUT2D eigenvalue weighted by molar-refractivity contribution is 5.81. The van der Waals surface area contributed by atoms with E-state index in [9.17, 15) is 4.79 Å². The molecule has 1 fully saturated rings. The summed E-state index contributed by atoms with van der Waals surface area (Å²) in [6.07, 6.45) is 1.56. The van der Waals surface area contributed by atoms with Crippen molar-refractivity contribution in [3.05, 3.63) is 24.0 Å². The van der Waals surface area contributed by atoms with Crippen LogP contribution in [0.15, 0.2) is 18.3 Å². The summed E-state index contributed by atoms with van der Waals surface area (Å²) in [5.74, 6) is 0.0456. The minimum atomic E-state index is 0.0456. The Kier molecular flexibility index (Phi) is 4.10. The third-order valence-electron chi connectivity index (χ3n) is 2.81.